The van der Waals surface area contributed by atoms with Gasteiger partial charge in [0, 0.05) is 19.7 Å². The first-order chi connectivity index (χ1) is 18.4. The largest absolute Gasteiger partial charge is 0.482 e. The molecule has 0 unspecified atom stereocenters. The summed E-state index contributed by atoms with van der Waals surface area (Å²) >= 11 is 0. The molecule has 14 heteroatoms. The van der Waals surface area contributed by atoms with E-state index in [1.807, 2.05) is 5.32 Å². The second-order valence-electron chi connectivity index (χ2n) is 7.89. The molecule has 3 rings (SSSR count). The van der Waals surface area contributed by atoms with Gasteiger partial charge in [-0.15, -0.1) is 0 Å². The van der Waals surface area contributed by atoms with E-state index in [1.54, 1.807) is 0 Å². The van der Waals surface area contributed by atoms with Crippen LogP contribution in [0.1, 0.15) is 6.92 Å². The number of benzene rings is 3. The van der Waals surface area contributed by atoms with Crippen LogP contribution in [-0.4, -0.2) is 46.5 Å². The molecule has 39 heavy (non-hydrogen) atoms. The number of esters is 1. The average Bonchev–Trinajstić information content (AvgIpc) is 2.91. The Balaban J connectivity index is 1.51. The van der Waals surface area contributed by atoms with Crippen molar-refractivity contribution in [2.24, 2.45) is 0 Å². The molecule has 3 aromatic carbocycles. The Labute approximate surface area is 221 Å². The van der Waals surface area contributed by atoms with E-state index in [0.717, 1.165) is 10.4 Å². The third-order valence-electron chi connectivity index (χ3n) is 5.06. The summed E-state index contributed by atoms with van der Waals surface area (Å²) in [5.74, 6) is -6.83. The van der Waals surface area contributed by atoms with Gasteiger partial charge >= 0.3 is 5.97 Å². The van der Waals surface area contributed by atoms with Crippen LogP contribution in [-0.2, 0) is 29.1 Å². The van der Waals surface area contributed by atoms with Gasteiger partial charge in [-0.2, -0.15) is 0 Å². The fraction of sp³-hybridized carbons (Fsp3) is 0.160. The Kier molecular flexibility index (Phi) is 9.14. The van der Waals surface area contributed by atoms with E-state index in [2.05, 4.69) is 5.32 Å². The number of carbonyl (C=O) groups is 3. The summed E-state index contributed by atoms with van der Waals surface area (Å²) in [6.07, 6.45) is 0. The first-order valence-electron chi connectivity index (χ1n) is 11.1. The molecular formula is C25H22F3N3O7S. The van der Waals surface area contributed by atoms with Gasteiger partial charge in [0.2, 0.25) is 5.91 Å². The van der Waals surface area contributed by atoms with Crippen LogP contribution in [0, 0.1) is 17.5 Å². The highest BCUT2D eigenvalue weighted by Gasteiger charge is 2.21. The lowest BCUT2D eigenvalue weighted by Crippen LogP contribution is -2.26. The second-order valence-corrected chi connectivity index (χ2v) is 9.86. The molecule has 0 fully saturated rings. The van der Waals surface area contributed by atoms with Crippen molar-refractivity contribution in [1.82, 2.24) is 0 Å². The first-order valence-corrected chi connectivity index (χ1v) is 12.5. The molecule has 0 atom stereocenters. The number of halogens is 3. The zero-order chi connectivity index (χ0) is 28.7. The van der Waals surface area contributed by atoms with Crippen molar-refractivity contribution in [1.29, 1.82) is 0 Å². The van der Waals surface area contributed by atoms with Crippen molar-refractivity contribution in [3.63, 3.8) is 0 Å². The number of ether oxygens (including phenoxy) is 2. The van der Waals surface area contributed by atoms with Crippen molar-refractivity contribution >= 4 is 44.9 Å². The predicted molar refractivity (Wildman–Crippen MR) is 134 cm³/mol. The zero-order valence-electron chi connectivity index (χ0n) is 20.5. The fourth-order valence-electron chi connectivity index (χ4n) is 3.10. The van der Waals surface area contributed by atoms with E-state index in [4.69, 9.17) is 9.47 Å². The summed E-state index contributed by atoms with van der Waals surface area (Å²) in [7, 11) is -2.57. The van der Waals surface area contributed by atoms with Crippen LogP contribution in [0.4, 0.5) is 30.2 Å². The lowest BCUT2D eigenvalue weighted by Gasteiger charge is -2.20. The van der Waals surface area contributed by atoms with Crippen molar-refractivity contribution in [3.05, 3.63) is 78.1 Å². The molecule has 0 spiro atoms. The molecule has 3 aromatic rings. The minimum absolute atomic E-state index is 0.00138. The molecule has 0 heterocycles. The first kappa shape index (κ1) is 29.0. The van der Waals surface area contributed by atoms with E-state index >= 15 is 0 Å². The third kappa shape index (κ3) is 7.47. The number of hydrogen-bond donors (Lipinski definition) is 2. The van der Waals surface area contributed by atoms with E-state index < -0.39 is 58.3 Å². The van der Waals surface area contributed by atoms with Gasteiger partial charge < -0.3 is 20.1 Å². The van der Waals surface area contributed by atoms with Gasteiger partial charge in [-0.05, 0) is 60.7 Å². The number of sulfonamides is 1. The highest BCUT2D eigenvalue weighted by molar-refractivity contribution is 7.92. The number of carbonyl (C=O) groups excluding carboxylic acids is 3. The van der Waals surface area contributed by atoms with Gasteiger partial charge in [-0.1, -0.05) is 0 Å². The van der Waals surface area contributed by atoms with E-state index in [1.165, 1.54) is 62.5 Å². The molecule has 10 nitrogen and oxygen atoms in total. The number of hydrogen-bond acceptors (Lipinski definition) is 7. The summed E-state index contributed by atoms with van der Waals surface area (Å²) in [5.41, 5.74) is 0.110. The summed E-state index contributed by atoms with van der Waals surface area (Å²) < 4.78 is 76.6. The molecule has 2 N–H and O–H groups in total. The summed E-state index contributed by atoms with van der Waals surface area (Å²) in [4.78, 5) is 34.8. The number of anilines is 3. The molecular weight excluding hydrogens is 543 g/mol. The maximum absolute atomic E-state index is 13.6. The molecule has 0 aliphatic heterocycles. The van der Waals surface area contributed by atoms with E-state index in [0.29, 0.717) is 11.8 Å². The van der Waals surface area contributed by atoms with Gasteiger partial charge in [0.25, 0.3) is 15.9 Å². The fourth-order valence-corrected chi connectivity index (χ4v) is 4.30. The molecule has 0 bridgehead atoms. The molecule has 0 aromatic heterocycles. The topological polar surface area (TPSA) is 131 Å². The van der Waals surface area contributed by atoms with Crippen LogP contribution in [0.2, 0.25) is 0 Å². The predicted octanol–water partition coefficient (Wildman–Crippen LogP) is 3.45. The van der Waals surface area contributed by atoms with E-state index in [-0.39, 0.29) is 22.2 Å². The number of amides is 2. The van der Waals surface area contributed by atoms with Crippen molar-refractivity contribution in [3.8, 4) is 5.75 Å². The van der Waals surface area contributed by atoms with Crippen molar-refractivity contribution < 1.29 is 45.4 Å². The van der Waals surface area contributed by atoms with Gasteiger partial charge in [0.15, 0.2) is 30.7 Å². The lowest BCUT2D eigenvalue weighted by molar-refractivity contribution is -0.149. The molecule has 0 aliphatic carbocycles. The van der Waals surface area contributed by atoms with Crippen molar-refractivity contribution in [2.45, 2.75) is 11.8 Å². The SMILES string of the molecule is CC(=O)Nc1ccc(S(=O)(=O)N(C)c2ccc(OCC(=O)OCC(=O)Nc3ccc(F)c(F)c3F)cc2)cc1. The van der Waals surface area contributed by atoms with E-state index in [9.17, 15) is 36.0 Å². The third-order valence-corrected chi connectivity index (χ3v) is 6.86. The average molecular weight is 566 g/mol. The van der Waals surface area contributed by atoms with Crippen LogP contribution in [0.5, 0.6) is 5.75 Å². The number of nitrogens with zero attached hydrogens (tertiary/aromatic N) is 1. The maximum atomic E-state index is 13.6. The smallest absolute Gasteiger partial charge is 0.344 e. The van der Waals surface area contributed by atoms with Crippen LogP contribution < -0.4 is 19.7 Å². The Morgan fingerprint density at radius 3 is 2.10 bits per heavy atom. The molecule has 2 amide bonds. The minimum atomic E-state index is -3.92. The quantitative estimate of drug-likeness (QED) is 0.284. The number of rotatable bonds is 10. The van der Waals surface area contributed by atoms with Crippen LogP contribution in [0.15, 0.2) is 65.6 Å². The molecule has 206 valence electrons. The standard InChI is InChI=1S/C25H22F3N3O7S/c1-15(32)29-16-3-9-19(10-4-16)39(35,36)31(2)17-5-7-18(8-6-17)37-14-23(34)38-13-22(33)30-21-12-11-20(26)24(27)25(21)28/h3-12H,13-14H2,1-2H3,(H,29,32)(H,30,33). The Morgan fingerprint density at radius 2 is 1.49 bits per heavy atom. The maximum Gasteiger partial charge on any atom is 0.344 e. The summed E-state index contributed by atoms with van der Waals surface area (Å²) in [6, 6.07) is 12.8. The molecule has 0 saturated carbocycles. The van der Waals surface area contributed by atoms with Crippen LogP contribution in [0.25, 0.3) is 0 Å². The van der Waals surface area contributed by atoms with Crippen LogP contribution >= 0.6 is 0 Å². The lowest BCUT2D eigenvalue weighted by atomic mass is 10.3. The van der Waals surface area contributed by atoms with Gasteiger partial charge in [0.05, 0.1) is 16.3 Å². The minimum Gasteiger partial charge on any atom is -0.482 e. The molecule has 0 radical (unpaired) electrons. The van der Waals surface area contributed by atoms with Crippen molar-refractivity contribution in [2.75, 3.05) is 35.2 Å². The zero-order valence-corrected chi connectivity index (χ0v) is 21.4. The number of nitrogens with one attached hydrogen (secondary N) is 2. The monoisotopic (exact) mass is 565 g/mol. The Morgan fingerprint density at radius 1 is 0.846 bits per heavy atom. The normalized spacial score (nSPS) is 10.9. The summed E-state index contributed by atoms with van der Waals surface area (Å²) in [6.45, 7) is -0.117. The second kappa shape index (κ2) is 12.3. The highest BCUT2D eigenvalue weighted by atomic mass is 32.2. The van der Waals surface area contributed by atoms with Gasteiger partial charge in [-0.25, -0.2) is 26.4 Å². The highest BCUT2D eigenvalue weighted by Crippen LogP contribution is 2.25. The Bertz CT molecular complexity index is 1480. The Hall–Kier alpha value is -4.59. The molecule has 0 aliphatic rings. The van der Waals surface area contributed by atoms with Gasteiger partial charge in [0.1, 0.15) is 5.75 Å². The summed E-state index contributed by atoms with van der Waals surface area (Å²) in [5, 5.41) is 4.50. The van der Waals surface area contributed by atoms with Crippen LogP contribution in [0.3, 0.4) is 0 Å². The van der Waals surface area contributed by atoms with Gasteiger partial charge in [-0.3, -0.25) is 13.9 Å². The molecule has 0 saturated heterocycles.